The number of nitrogen functional groups attached to an aromatic ring is 1. The van der Waals surface area contributed by atoms with E-state index in [0.717, 1.165) is 16.3 Å². The van der Waals surface area contributed by atoms with E-state index in [1.165, 1.54) is 0 Å². The molecule has 0 radical (unpaired) electrons. The summed E-state index contributed by atoms with van der Waals surface area (Å²) in [5, 5.41) is 16.6. The van der Waals surface area contributed by atoms with Crippen molar-refractivity contribution in [3.63, 3.8) is 0 Å². The maximum Gasteiger partial charge on any atom is 0.343 e. The number of carbonyl (C=O) groups is 1. The predicted octanol–water partition coefficient (Wildman–Crippen LogP) is 3.46. The average molecular weight is 362 g/mol. The Hall–Kier alpha value is -3.67. The maximum atomic E-state index is 12.3. The molecule has 3 aromatic carbocycles. The zero-order chi connectivity index (χ0) is 18.7. The van der Waals surface area contributed by atoms with Gasteiger partial charge in [0, 0.05) is 12.0 Å². The summed E-state index contributed by atoms with van der Waals surface area (Å²) in [5.41, 5.74) is 12.8. The quantitative estimate of drug-likeness (QED) is 0.240. The molecule has 0 aliphatic rings. The standard InChI is InChI=1S/C20H18N4O2.CH4/c21-18(22)9-12-1-3-13(4-2-12)20(25)26-17-8-7-14-10-16(19(23)24)6-5-15(14)11-17;/h1-8,10-11H,9H2,(H3,21,22)(H3,23,24);1H4. The molecular formula is C21H22N4O2. The molecule has 0 amide bonds. The maximum absolute atomic E-state index is 12.3. The number of rotatable bonds is 5. The molecule has 0 spiro atoms. The van der Waals surface area contributed by atoms with Gasteiger partial charge in [0.1, 0.15) is 11.6 Å². The molecule has 27 heavy (non-hydrogen) atoms. The molecule has 6 N–H and O–H groups in total. The smallest absolute Gasteiger partial charge is 0.343 e. The van der Waals surface area contributed by atoms with Crippen molar-refractivity contribution in [2.24, 2.45) is 11.5 Å². The lowest BCUT2D eigenvalue weighted by atomic mass is 10.1. The minimum absolute atomic E-state index is 0. The van der Waals surface area contributed by atoms with E-state index < -0.39 is 5.97 Å². The molecule has 3 aromatic rings. The number of carbonyl (C=O) groups excluding carboxylic acids is 1. The minimum atomic E-state index is -0.459. The number of esters is 1. The molecule has 6 heteroatoms. The molecule has 0 aliphatic carbocycles. The summed E-state index contributed by atoms with van der Waals surface area (Å²) in [6.45, 7) is 0. The Bertz CT molecular complexity index is 1010. The van der Waals surface area contributed by atoms with Crippen LogP contribution >= 0.6 is 0 Å². The van der Waals surface area contributed by atoms with Crippen molar-refractivity contribution in [3.05, 3.63) is 77.4 Å². The molecule has 0 saturated heterocycles. The number of benzene rings is 3. The second-order valence-corrected chi connectivity index (χ2v) is 5.93. The van der Waals surface area contributed by atoms with Gasteiger partial charge in [-0.25, -0.2) is 4.79 Å². The zero-order valence-corrected chi connectivity index (χ0v) is 14.0. The average Bonchev–Trinajstić information content (AvgIpc) is 2.61. The Morgan fingerprint density at radius 1 is 0.852 bits per heavy atom. The van der Waals surface area contributed by atoms with Crippen LogP contribution in [0.2, 0.25) is 0 Å². The summed E-state index contributed by atoms with van der Waals surface area (Å²) in [7, 11) is 0. The third-order valence-corrected chi connectivity index (χ3v) is 3.92. The van der Waals surface area contributed by atoms with Gasteiger partial charge in [-0.1, -0.05) is 37.8 Å². The summed E-state index contributed by atoms with van der Waals surface area (Å²) in [6.07, 6.45) is 0.349. The molecule has 0 aliphatic heterocycles. The number of nitrogens with one attached hydrogen (secondary N) is 2. The van der Waals surface area contributed by atoms with Crippen LogP contribution in [0.15, 0.2) is 60.7 Å². The lowest BCUT2D eigenvalue weighted by Crippen LogP contribution is -2.13. The van der Waals surface area contributed by atoms with Crippen molar-refractivity contribution in [1.82, 2.24) is 0 Å². The molecule has 0 bridgehead atoms. The van der Waals surface area contributed by atoms with Crippen LogP contribution in [0.4, 0.5) is 0 Å². The van der Waals surface area contributed by atoms with E-state index in [0.29, 0.717) is 23.3 Å². The van der Waals surface area contributed by atoms with E-state index in [-0.39, 0.29) is 19.1 Å². The van der Waals surface area contributed by atoms with Crippen molar-refractivity contribution in [2.75, 3.05) is 0 Å². The molecule has 0 saturated carbocycles. The largest absolute Gasteiger partial charge is 0.423 e. The highest BCUT2D eigenvalue weighted by molar-refractivity contribution is 5.99. The molecule has 0 fully saturated rings. The van der Waals surface area contributed by atoms with Gasteiger partial charge in [0.2, 0.25) is 0 Å². The number of hydrogen-bond donors (Lipinski definition) is 4. The summed E-state index contributed by atoms with van der Waals surface area (Å²) < 4.78 is 5.43. The van der Waals surface area contributed by atoms with Gasteiger partial charge in [0.05, 0.1) is 11.4 Å². The van der Waals surface area contributed by atoms with Crippen molar-refractivity contribution in [2.45, 2.75) is 13.8 Å². The normalized spacial score (nSPS) is 10.1. The SMILES string of the molecule is C.N=C(N)Cc1ccc(C(=O)Oc2ccc3cc(C(=N)N)ccc3c2)cc1. The minimum Gasteiger partial charge on any atom is -0.423 e. The molecule has 3 rings (SSSR count). The summed E-state index contributed by atoms with van der Waals surface area (Å²) in [5.74, 6) is 0.0602. The monoisotopic (exact) mass is 362 g/mol. The van der Waals surface area contributed by atoms with Crippen LogP contribution in [0.1, 0.15) is 28.9 Å². The summed E-state index contributed by atoms with van der Waals surface area (Å²) >= 11 is 0. The summed E-state index contributed by atoms with van der Waals surface area (Å²) in [4.78, 5) is 12.3. The molecule has 138 valence electrons. The molecule has 0 heterocycles. The van der Waals surface area contributed by atoms with Crippen LogP contribution in [0.5, 0.6) is 5.75 Å². The van der Waals surface area contributed by atoms with Gasteiger partial charge in [-0.15, -0.1) is 0 Å². The Morgan fingerprint density at radius 2 is 1.44 bits per heavy atom. The van der Waals surface area contributed by atoms with Crippen LogP contribution in [0.25, 0.3) is 10.8 Å². The number of nitrogens with two attached hydrogens (primary N) is 2. The lowest BCUT2D eigenvalue weighted by molar-refractivity contribution is 0.0735. The van der Waals surface area contributed by atoms with Crippen molar-refractivity contribution in [3.8, 4) is 5.75 Å². The second kappa shape index (κ2) is 8.14. The topological polar surface area (TPSA) is 126 Å². The number of ether oxygens (including phenoxy) is 1. The van der Waals surface area contributed by atoms with Crippen LogP contribution in [0, 0.1) is 10.8 Å². The third kappa shape index (κ3) is 4.70. The Labute approximate surface area is 157 Å². The summed E-state index contributed by atoms with van der Waals surface area (Å²) in [6, 6.07) is 17.5. The van der Waals surface area contributed by atoms with Crippen LogP contribution < -0.4 is 16.2 Å². The highest BCUT2D eigenvalue weighted by Gasteiger charge is 2.10. The number of fused-ring (bicyclic) bond motifs is 1. The molecule has 0 aromatic heterocycles. The van der Waals surface area contributed by atoms with Crippen molar-refractivity contribution >= 4 is 28.4 Å². The Morgan fingerprint density at radius 3 is 2.07 bits per heavy atom. The molecular weight excluding hydrogens is 340 g/mol. The van der Waals surface area contributed by atoms with E-state index in [4.69, 9.17) is 27.0 Å². The van der Waals surface area contributed by atoms with Crippen molar-refractivity contribution in [1.29, 1.82) is 10.8 Å². The lowest BCUT2D eigenvalue weighted by Gasteiger charge is -2.07. The Kier molecular flexibility index (Phi) is 5.92. The Balaban J connectivity index is 0.00000261. The van der Waals surface area contributed by atoms with Gasteiger partial charge in [-0.05, 0) is 46.7 Å². The fourth-order valence-electron chi connectivity index (χ4n) is 2.60. The van der Waals surface area contributed by atoms with E-state index in [1.807, 2.05) is 18.2 Å². The third-order valence-electron chi connectivity index (χ3n) is 3.92. The number of amidine groups is 2. The first-order valence-corrected chi connectivity index (χ1v) is 7.94. The van der Waals surface area contributed by atoms with Gasteiger partial charge >= 0.3 is 5.97 Å². The van der Waals surface area contributed by atoms with E-state index in [9.17, 15) is 4.79 Å². The number of hydrogen-bond acceptors (Lipinski definition) is 4. The predicted molar refractivity (Wildman–Crippen MR) is 109 cm³/mol. The second-order valence-electron chi connectivity index (χ2n) is 5.93. The van der Waals surface area contributed by atoms with Gasteiger partial charge in [-0.2, -0.15) is 0 Å². The molecule has 0 unspecified atom stereocenters. The fourth-order valence-corrected chi connectivity index (χ4v) is 2.60. The van der Waals surface area contributed by atoms with E-state index in [1.54, 1.807) is 42.5 Å². The highest BCUT2D eigenvalue weighted by Crippen LogP contribution is 2.23. The molecule has 6 nitrogen and oxygen atoms in total. The van der Waals surface area contributed by atoms with Gasteiger partial charge in [0.25, 0.3) is 0 Å². The first-order chi connectivity index (χ1) is 12.4. The van der Waals surface area contributed by atoms with Gasteiger partial charge in [0.15, 0.2) is 0 Å². The van der Waals surface area contributed by atoms with E-state index in [2.05, 4.69) is 0 Å². The van der Waals surface area contributed by atoms with Crippen molar-refractivity contribution < 1.29 is 9.53 Å². The van der Waals surface area contributed by atoms with Crippen LogP contribution in [-0.4, -0.2) is 17.6 Å². The van der Waals surface area contributed by atoms with Gasteiger partial charge in [-0.3, -0.25) is 10.8 Å². The van der Waals surface area contributed by atoms with E-state index >= 15 is 0 Å². The first kappa shape index (κ1) is 19.7. The molecule has 0 atom stereocenters. The van der Waals surface area contributed by atoms with Gasteiger partial charge < -0.3 is 16.2 Å². The highest BCUT2D eigenvalue weighted by atomic mass is 16.5. The fraction of sp³-hybridized carbons (Fsp3) is 0.0952. The zero-order valence-electron chi connectivity index (χ0n) is 14.0. The first-order valence-electron chi connectivity index (χ1n) is 7.94. The van der Waals surface area contributed by atoms with Crippen LogP contribution in [0.3, 0.4) is 0 Å². The van der Waals surface area contributed by atoms with Crippen LogP contribution in [-0.2, 0) is 6.42 Å².